The quantitative estimate of drug-likeness (QED) is 0.0247. The highest BCUT2D eigenvalue weighted by Crippen LogP contribution is 2.23. The van der Waals surface area contributed by atoms with Crippen LogP contribution in [0, 0.1) is 0 Å². The van der Waals surface area contributed by atoms with Crippen molar-refractivity contribution < 1.29 is 47.6 Å². The zero-order valence-electron chi connectivity index (χ0n) is 40.4. The highest BCUT2D eigenvalue weighted by Gasteiger charge is 2.13. The Morgan fingerprint density at radius 3 is 0.866 bits per heavy atom. The van der Waals surface area contributed by atoms with E-state index in [4.69, 9.17) is 28.4 Å². The molecule has 67 heavy (non-hydrogen) atoms. The van der Waals surface area contributed by atoms with Crippen molar-refractivity contribution in [2.75, 3.05) is 13.2 Å². The van der Waals surface area contributed by atoms with Crippen LogP contribution in [0.15, 0.2) is 97.1 Å². The van der Waals surface area contributed by atoms with Crippen molar-refractivity contribution in [2.45, 2.75) is 174 Å². The van der Waals surface area contributed by atoms with Gasteiger partial charge in [-0.2, -0.15) is 0 Å². The van der Waals surface area contributed by atoms with Crippen LogP contribution >= 0.6 is 0 Å². The van der Waals surface area contributed by atoms with Crippen LogP contribution in [0.1, 0.15) is 195 Å². The molecule has 0 aromatic heterocycles. The van der Waals surface area contributed by atoms with Gasteiger partial charge in [0.15, 0.2) is 0 Å². The van der Waals surface area contributed by atoms with E-state index in [0.717, 1.165) is 37.2 Å². The minimum absolute atomic E-state index is 0.183. The van der Waals surface area contributed by atoms with Gasteiger partial charge in [0.2, 0.25) is 0 Å². The zero-order valence-corrected chi connectivity index (χ0v) is 40.4. The lowest BCUT2D eigenvalue weighted by molar-refractivity contribution is -0.134. The van der Waals surface area contributed by atoms with Crippen LogP contribution < -0.4 is 28.4 Å². The Bertz CT molecular complexity index is 1810. The number of carbonyl (C=O) groups excluding carboxylic acids is 4. The lowest BCUT2D eigenvalue weighted by atomic mass is 10.1. The fraction of sp³-hybridized carbons (Fsp3) is 0.509. The maximum Gasteiger partial charge on any atom is 0.343 e. The summed E-state index contributed by atoms with van der Waals surface area (Å²) in [7, 11) is 0. The van der Waals surface area contributed by atoms with E-state index in [9.17, 15) is 19.2 Å². The average molecular weight is 921 g/mol. The number of hydrogen-bond donors (Lipinski definition) is 0. The fourth-order valence-corrected chi connectivity index (χ4v) is 7.50. The molecule has 0 atom stereocenters. The third-order valence-corrected chi connectivity index (χ3v) is 11.5. The molecule has 0 saturated heterocycles. The van der Waals surface area contributed by atoms with Crippen molar-refractivity contribution in [3.63, 3.8) is 0 Å². The van der Waals surface area contributed by atoms with E-state index < -0.39 is 23.9 Å². The van der Waals surface area contributed by atoms with Gasteiger partial charge in [-0.3, -0.25) is 9.59 Å². The molecule has 364 valence electrons. The summed E-state index contributed by atoms with van der Waals surface area (Å²) in [6, 6.07) is 26.5. The first-order valence-corrected chi connectivity index (χ1v) is 25.3. The molecule has 10 heteroatoms. The molecule has 0 fully saturated rings. The Labute approximate surface area is 400 Å². The number of carbonyl (C=O) groups is 4. The second kappa shape index (κ2) is 33.8. The topological polar surface area (TPSA) is 124 Å². The average Bonchev–Trinajstić information content (AvgIpc) is 3.34. The predicted molar refractivity (Wildman–Crippen MR) is 265 cm³/mol. The number of benzene rings is 4. The molecule has 0 saturated carbocycles. The summed E-state index contributed by atoms with van der Waals surface area (Å²) in [4.78, 5) is 50.3. The zero-order chi connectivity index (χ0) is 47.6. The number of unbranched alkanes of at least 4 members (excludes halogenated alkanes) is 20. The summed E-state index contributed by atoms with van der Waals surface area (Å²) in [5.41, 5.74) is 0.810. The Hall–Kier alpha value is -5.64. The van der Waals surface area contributed by atoms with Gasteiger partial charge < -0.3 is 28.4 Å². The van der Waals surface area contributed by atoms with Crippen molar-refractivity contribution in [3.05, 3.63) is 108 Å². The van der Waals surface area contributed by atoms with Gasteiger partial charge >= 0.3 is 23.9 Å². The summed E-state index contributed by atoms with van der Waals surface area (Å²) < 4.78 is 33.6. The minimum Gasteiger partial charge on any atom is -0.494 e. The van der Waals surface area contributed by atoms with E-state index in [1.54, 1.807) is 97.1 Å². The Morgan fingerprint density at radius 1 is 0.299 bits per heavy atom. The molecule has 4 aromatic rings. The van der Waals surface area contributed by atoms with Gasteiger partial charge in [-0.15, -0.1) is 0 Å². The van der Waals surface area contributed by atoms with Crippen molar-refractivity contribution in [2.24, 2.45) is 0 Å². The van der Waals surface area contributed by atoms with Gasteiger partial charge in [0.25, 0.3) is 0 Å². The van der Waals surface area contributed by atoms with Crippen molar-refractivity contribution in [3.8, 4) is 34.5 Å². The molecule has 10 nitrogen and oxygen atoms in total. The molecule has 0 aliphatic rings. The first-order valence-electron chi connectivity index (χ1n) is 25.3. The van der Waals surface area contributed by atoms with Gasteiger partial charge in [0.05, 0.1) is 24.3 Å². The fourth-order valence-electron chi connectivity index (χ4n) is 7.50. The molecule has 0 heterocycles. The molecular weight excluding hydrogens is 845 g/mol. The van der Waals surface area contributed by atoms with Gasteiger partial charge in [-0.1, -0.05) is 136 Å². The van der Waals surface area contributed by atoms with Crippen LogP contribution in [0.3, 0.4) is 0 Å². The summed E-state index contributed by atoms with van der Waals surface area (Å²) in [6.45, 7) is 5.80. The van der Waals surface area contributed by atoms with E-state index in [1.807, 2.05) is 0 Å². The smallest absolute Gasteiger partial charge is 0.343 e. The standard InChI is InChI=1S/C57H76O10/c1-3-5-7-9-11-13-15-17-19-24-44-62-48-32-28-46(29-33-48)56(60)66-52-40-36-50(37-41-52)64-54(58)26-22-21-23-27-55(59)65-51-38-42-53(43-39-51)67-57(61)47-30-34-49(35-31-47)63-45-25-20-18-16-14-12-10-8-6-4-2/h28-43H,3-27,44-45H2,1-2H3. The lowest BCUT2D eigenvalue weighted by Crippen LogP contribution is -2.10. The third kappa shape index (κ3) is 24.1. The van der Waals surface area contributed by atoms with E-state index in [2.05, 4.69) is 13.8 Å². The van der Waals surface area contributed by atoms with E-state index in [0.29, 0.717) is 66.6 Å². The van der Waals surface area contributed by atoms with E-state index in [-0.39, 0.29) is 12.8 Å². The molecule has 0 spiro atoms. The normalized spacial score (nSPS) is 10.9. The van der Waals surface area contributed by atoms with Crippen LogP contribution in [0.2, 0.25) is 0 Å². The minimum atomic E-state index is -0.496. The highest BCUT2D eigenvalue weighted by molar-refractivity contribution is 5.91. The largest absolute Gasteiger partial charge is 0.494 e. The van der Waals surface area contributed by atoms with Crippen LogP contribution in [0.4, 0.5) is 0 Å². The summed E-state index contributed by atoms with van der Waals surface area (Å²) >= 11 is 0. The molecule has 0 aliphatic carbocycles. The van der Waals surface area contributed by atoms with Crippen LogP contribution in [0.5, 0.6) is 34.5 Å². The monoisotopic (exact) mass is 921 g/mol. The Morgan fingerprint density at radius 2 is 0.552 bits per heavy atom. The number of esters is 4. The summed E-state index contributed by atoms with van der Waals surface area (Å²) in [5.74, 6) is 0.991. The highest BCUT2D eigenvalue weighted by atomic mass is 16.5. The lowest BCUT2D eigenvalue weighted by Gasteiger charge is -2.09. The van der Waals surface area contributed by atoms with Gasteiger partial charge in [0.1, 0.15) is 34.5 Å². The number of ether oxygens (including phenoxy) is 6. The summed E-state index contributed by atoms with van der Waals surface area (Å²) in [6.07, 6.45) is 27.5. The first kappa shape index (κ1) is 54.0. The molecule has 0 bridgehead atoms. The van der Waals surface area contributed by atoms with E-state index >= 15 is 0 Å². The Balaban J connectivity index is 1.01. The molecule has 0 amide bonds. The van der Waals surface area contributed by atoms with Gasteiger partial charge in [0, 0.05) is 12.8 Å². The Kier molecular flexibility index (Phi) is 27.2. The van der Waals surface area contributed by atoms with E-state index in [1.165, 1.54) is 103 Å². The first-order chi connectivity index (χ1) is 32.8. The molecule has 0 N–H and O–H groups in total. The molecule has 0 unspecified atom stereocenters. The van der Waals surface area contributed by atoms with Crippen molar-refractivity contribution in [1.29, 1.82) is 0 Å². The molecule has 4 aromatic carbocycles. The maximum absolute atomic E-state index is 12.7. The van der Waals surface area contributed by atoms with Crippen LogP contribution in [0.25, 0.3) is 0 Å². The third-order valence-electron chi connectivity index (χ3n) is 11.5. The second-order valence-corrected chi connectivity index (χ2v) is 17.3. The van der Waals surface area contributed by atoms with Crippen LogP contribution in [-0.2, 0) is 9.59 Å². The molecule has 0 aliphatic heterocycles. The second-order valence-electron chi connectivity index (χ2n) is 17.3. The molecule has 0 radical (unpaired) electrons. The van der Waals surface area contributed by atoms with Crippen molar-refractivity contribution in [1.82, 2.24) is 0 Å². The molecular formula is C57H76O10. The summed E-state index contributed by atoms with van der Waals surface area (Å²) in [5, 5.41) is 0. The van der Waals surface area contributed by atoms with Crippen molar-refractivity contribution >= 4 is 23.9 Å². The SMILES string of the molecule is CCCCCCCCCCCCOc1ccc(C(=O)Oc2ccc(OC(=O)CCCCCC(=O)Oc3ccc(OC(=O)c4ccc(OCCCCCCCCCCCC)cc4)cc3)cc2)cc1. The van der Waals surface area contributed by atoms with Crippen LogP contribution in [-0.4, -0.2) is 37.1 Å². The predicted octanol–water partition coefficient (Wildman–Crippen LogP) is 15.2. The maximum atomic E-state index is 12.7. The van der Waals surface area contributed by atoms with Gasteiger partial charge in [-0.05, 0) is 123 Å². The van der Waals surface area contributed by atoms with Gasteiger partial charge in [-0.25, -0.2) is 9.59 Å². The molecule has 4 rings (SSSR count). The number of hydrogen-bond acceptors (Lipinski definition) is 10. The number of rotatable bonds is 36.